The standard InChI is InChI=1S/C12H9ClN2O/c13-10-7-6-9(11(15-10)12(14)16)8-4-2-1-3-5-8/h1-7H,(H2,14,16). The quantitative estimate of drug-likeness (QED) is 0.809. The minimum Gasteiger partial charge on any atom is -0.364 e. The van der Waals surface area contributed by atoms with Crippen LogP contribution in [0.1, 0.15) is 10.5 Å². The second kappa shape index (κ2) is 4.33. The molecule has 0 aliphatic carbocycles. The van der Waals surface area contributed by atoms with Crippen LogP contribution in [-0.2, 0) is 0 Å². The second-order valence-electron chi connectivity index (χ2n) is 3.26. The summed E-state index contributed by atoms with van der Waals surface area (Å²) >= 11 is 5.73. The lowest BCUT2D eigenvalue weighted by Gasteiger charge is -2.05. The Kier molecular flexibility index (Phi) is 2.88. The first-order valence-electron chi connectivity index (χ1n) is 4.70. The van der Waals surface area contributed by atoms with Crippen LogP contribution in [0, 0.1) is 0 Å². The van der Waals surface area contributed by atoms with Crippen molar-refractivity contribution < 1.29 is 4.79 Å². The van der Waals surface area contributed by atoms with Crippen LogP contribution in [0.25, 0.3) is 11.1 Å². The lowest BCUT2D eigenvalue weighted by Crippen LogP contribution is -2.14. The maximum atomic E-state index is 11.2. The molecule has 16 heavy (non-hydrogen) atoms. The van der Waals surface area contributed by atoms with Crippen LogP contribution >= 0.6 is 11.6 Å². The number of carbonyl (C=O) groups is 1. The first-order chi connectivity index (χ1) is 7.68. The average Bonchev–Trinajstić information content (AvgIpc) is 2.30. The van der Waals surface area contributed by atoms with Crippen LogP contribution < -0.4 is 5.73 Å². The van der Waals surface area contributed by atoms with Gasteiger partial charge >= 0.3 is 0 Å². The Hall–Kier alpha value is -1.87. The van der Waals surface area contributed by atoms with Crippen molar-refractivity contribution >= 4 is 17.5 Å². The van der Waals surface area contributed by atoms with Gasteiger partial charge in [-0.3, -0.25) is 4.79 Å². The van der Waals surface area contributed by atoms with Crippen LogP contribution in [0.2, 0.25) is 5.15 Å². The van der Waals surface area contributed by atoms with E-state index in [0.29, 0.717) is 5.56 Å². The molecule has 1 amide bonds. The van der Waals surface area contributed by atoms with Crippen molar-refractivity contribution in [3.8, 4) is 11.1 Å². The molecule has 0 atom stereocenters. The summed E-state index contributed by atoms with van der Waals surface area (Å²) in [5.74, 6) is -0.582. The van der Waals surface area contributed by atoms with E-state index in [0.717, 1.165) is 5.56 Å². The number of hydrogen-bond donors (Lipinski definition) is 1. The van der Waals surface area contributed by atoms with E-state index in [1.807, 2.05) is 30.3 Å². The zero-order valence-electron chi connectivity index (χ0n) is 8.35. The average molecular weight is 233 g/mol. The van der Waals surface area contributed by atoms with Crippen LogP contribution in [0.15, 0.2) is 42.5 Å². The number of hydrogen-bond acceptors (Lipinski definition) is 2. The predicted molar refractivity (Wildman–Crippen MR) is 63.2 cm³/mol. The highest BCUT2D eigenvalue weighted by atomic mass is 35.5. The molecule has 1 heterocycles. The molecule has 0 aliphatic heterocycles. The van der Waals surface area contributed by atoms with Gasteiger partial charge in [0.15, 0.2) is 0 Å². The number of nitrogens with zero attached hydrogens (tertiary/aromatic N) is 1. The van der Waals surface area contributed by atoms with E-state index in [4.69, 9.17) is 17.3 Å². The van der Waals surface area contributed by atoms with Crippen molar-refractivity contribution in [3.05, 3.63) is 53.3 Å². The molecule has 3 nitrogen and oxygen atoms in total. The molecule has 0 saturated carbocycles. The Balaban J connectivity index is 2.61. The predicted octanol–water partition coefficient (Wildman–Crippen LogP) is 2.50. The fourth-order valence-electron chi connectivity index (χ4n) is 1.47. The molecule has 4 heteroatoms. The molecule has 0 spiro atoms. The van der Waals surface area contributed by atoms with Crippen LogP contribution in [0.5, 0.6) is 0 Å². The Morgan fingerprint density at radius 3 is 2.44 bits per heavy atom. The van der Waals surface area contributed by atoms with Gasteiger partial charge in [-0.2, -0.15) is 0 Å². The molecule has 2 rings (SSSR count). The molecular formula is C12H9ClN2O. The Labute approximate surface area is 97.9 Å². The second-order valence-corrected chi connectivity index (χ2v) is 3.65. The zero-order valence-corrected chi connectivity index (χ0v) is 9.11. The van der Waals surface area contributed by atoms with Crippen LogP contribution in [0.4, 0.5) is 0 Å². The molecule has 0 unspecified atom stereocenters. The summed E-state index contributed by atoms with van der Waals surface area (Å²) in [6.07, 6.45) is 0. The molecule has 0 radical (unpaired) electrons. The normalized spacial score (nSPS) is 10.1. The Bertz CT molecular complexity index is 526. The highest BCUT2D eigenvalue weighted by molar-refractivity contribution is 6.29. The van der Waals surface area contributed by atoms with Gasteiger partial charge in [-0.05, 0) is 17.7 Å². The fraction of sp³-hybridized carbons (Fsp3) is 0. The lowest BCUT2D eigenvalue weighted by atomic mass is 10.0. The molecule has 2 aromatic rings. The Morgan fingerprint density at radius 2 is 1.81 bits per heavy atom. The Morgan fingerprint density at radius 1 is 1.12 bits per heavy atom. The van der Waals surface area contributed by atoms with Crippen molar-refractivity contribution in [3.63, 3.8) is 0 Å². The summed E-state index contributed by atoms with van der Waals surface area (Å²) in [5, 5.41) is 0.258. The van der Waals surface area contributed by atoms with Crippen molar-refractivity contribution in [1.82, 2.24) is 4.98 Å². The maximum Gasteiger partial charge on any atom is 0.268 e. The number of amides is 1. The SMILES string of the molecule is NC(=O)c1nc(Cl)ccc1-c1ccccc1. The molecule has 80 valence electrons. The van der Waals surface area contributed by atoms with Gasteiger partial charge in [0, 0.05) is 5.56 Å². The van der Waals surface area contributed by atoms with Gasteiger partial charge in [-0.1, -0.05) is 41.9 Å². The third-order valence-corrected chi connectivity index (χ3v) is 2.39. The molecule has 0 aliphatic rings. The summed E-state index contributed by atoms with van der Waals surface area (Å²) in [6, 6.07) is 12.8. The fourth-order valence-corrected chi connectivity index (χ4v) is 1.62. The molecule has 1 aromatic heterocycles. The number of pyridine rings is 1. The highest BCUT2D eigenvalue weighted by Crippen LogP contribution is 2.23. The summed E-state index contributed by atoms with van der Waals surface area (Å²) < 4.78 is 0. The highest BCUT2D eigenvalue weighted by Gasteiger charge is 2.11. The number of aromatic nitrogens is 1. The summed E-state index contributed by atoms with van der Waals surface area (Å²) in [5.41, 5.74) is 7.04. The van der Waals surface area contributed by atoms with E-state index in [9.17, 15) is 4.79 Å². The molecular weight excluding hydrogens is 224 g/mol. The van der Waals surface area contributed by atoms with Gasteiger partial charge in [-0.25, -0.2) is 4.98 Å². The minimum absolute atomic E-state index is 0.193. The summed E-state index contributed by atoms with van der Waals surface area (Å²) in [6.45, 7) is 0. The molecule has 0 bridgehead atoms. The number of benzene rings is 1. The molecule has 0 fully saturated rings. The number of primary amides is 1. The largest absolute Gasteiger partial charge is 0.364 e. The number of nitrogens with two attached hydrogens (primary N) is 1. The van der Waals surface area contributed by atoms with Crippen molar-refractivity contribution in [2.75, 3.05) is 0 Å². The van der Waals surface area contributed by atoms with Gasteiger partial charge in [0.2, 0.25) is 0 Å². The smallest absolute Gasteiger partial charge is 0.268 e. The van der Waals surface area contributed by atoms with Gasteiger partial charge in [0.25, 0.3) is 5.91 Å². The lowest BCUT2D eigenvalue weighted by molar-refractivity contribution is 0.0996. The summed E-state index contributed by atoms with van der Waals surface area (Å²) in [4.78, 5) is 15.2. The number of rotatable bonds is 2. The van der Waals surface area contributed by atoms with Crippen molar-refractivity contribution in [2.24, 2.45) is 5.73 Å². The topological polar surface area (TPSA) is 56.0 Å². The van der Waals surface area contributed by atoms with E-state index >= 15 is 0 Å². The number of carbonyl (C=O) groups excluding carboxylic acids is 1. The van der Waals surface area contributed by atoms with Gasteiger partial charge in [-0.15, -0.1) is 0 Å². The third kappa shape index (κ3) is 2.04. The number of halogens is 1. The third-order valence-electron chi connectivity index (χ3n) is 2.18. The van der Waals surface area contributed by atoms with E-state index < -0.39 is 5.91 Å². The monoisotopic (exact) mass is 232 g/mol. The van der Waals surface area contributed by atoms with Crippen molar-refractivity contribution in [2.45, 2.75) is 0 Å². The van der Waals surface area contributed by atoms with Crippen molar-refractivity contribution in [1.29, 1.82) is 0 Å². The molecule has 1 aromatic carbocycles. The minimum atomic E-state index is -0.582. The van der Waals surface area contributed by atoms with Gasteiger partial charge in [0.05, 0.1) is 0 Å². The first kappa shape index (κ1) is 10.6. The molecule has 0 saturated heterocycles. The van der Waals surface area contributed by atoms with E-state index in [1.165, 1.54) is 0 Å². The van der Waals surface area contributed by atoms with E-state index in [-0.39, 0.29) is 10.8 Å². The van der Waals surface area contributed by atoms with E-state index in [2.05, 4.69) is 4.98 Å². The zero-order chi connectivity index (χ0) is 11.5. The maximum absolute atomic E-state index is 11.2. The van der Waals surface area contributed by atoms with Gasteiger partial charge < -0.3 is 5.73 Å². The van der Waals surface area contributed by atoms with Crippen LogP contribution in [-0.4, -0.2) is 10.9 Å². The first-order valence-corrected chi connectivity index (χ1v) is 5.08. The van der Waals surface area contributed by atoms with E-state index in [1.54, 1.807) is 12.1 Å². The molecule has 2 N–H and O–H groups in total. The van der Waals surface area contributed by atoms with Gasteiger partial charge in [0.1, 0.15) is 10.8 Å². The summed E-state index contributed by atoms with van der Waals surface area (Å²) in [7, 11) is 0. The van der Waals surface area contributed by atoms with Crippen LogP contribution in [0.3, 0.4) is 0 Å².